The number of aromatic amines is 1. The first kappa shape index (κ1) is 17.0. The Hall–Kier alpha value is -2.89. The largest absolute Gasteiger partial charge is 0.465 e. The molecule has 0 saturated carbocycles. The van der Waals surface area contributed by atoms with E-state index < -0.39 is 0 Å². The third kappa shape index (κ3) is 4.15. The highest BCUT2D eigenvalue weighted by molar-refractivity contribution is 5.92. The maximum atomic E-state index is 12.4. The number of hydrogen-bond acceptors (Lipinski definition) is 4. The van der Waals surface area contributed by atoms with Crippen LogP contribution >= 0.6 is 0 Å². The normalized spacial score (nSPS) is 17.6. The number of aromatic nitrogens is 2. The number of piperidine rings is 1. The molecule has 6 heteroatoms. The van der Waals surface area contributed by atoms with Gasteiger partial charge >= 0.3 is 5.97 Å². The van der Waals surface area contributed by atoms with Gasteiger partial charge in [-0.3, -0.25) is 9.89 Å². The van der Waals surface area contributed by atoms with Crippen molar-refractivity contribution < 1.29 is 14.3 Å². The van der Waals surface area contributed by atoms with E-state index in [0.717, 1.165) is 30.6 Å². The lowest BCUT2D eigenvalue weighted by atomic mass is 9.95. The van der Waals surface area contributed by atoms with Gasteiger partial charge in [-0.2, -0.15) is 5.10 Å². The van der Waals surface area contributed by atoms with Crippen molar-refractivity contribution in [3.63, 3.8) is 0 Å². The number of H-pyrrole nitrogens is 1. The van der Waals surface area contributed by atoms with Gasteiger partial charge in [0.05, 0.1) is 12.7 Å². The van der Waals surface area contributed by atoms with Crippen LogP contribution in [0.1, 0.15) is 40.4 Å². The summed E-state index contributed by atoms with van der Waals surface area (Å²) in [6.07, 6.45) is 7.14. The number of amides is 1. The van der Waals surface area contributed by atoms with E-state index in [4.69, 9.17) is 0 Å². The lowest BCUT2D eigenvalue weighted by molar-refractivity contribution is -0.127. The zero-order valence-electron chi connectivity index (χ0n) is 14.1. The summed E-state index contributed by atoms with van der Waals surface area (Å²) in [5.74, 6) is -0.0565. The molecule has 0 aliphatic carbocycles. The number of likely N-dealkylation sites (tertiary alicyclic amines) is 1. The van der Waals surface area contributed by atoms with Crippen LogP contribution in [0.25, 0.3) is 6.08 Å². The minimum atomic E-state index is -0.371. The summed E-state index contributed by atoms with van der Waals surface area (Å²) in [5, 5.41) is 6.99. The van der Waals surface area contributed by atoms with Crippen LogP contribution in [0.5, 0.6) is 0 Å². The van der Waals surface area contributed by atoms with Crippen LogP contribution in [-0.2, 0) is 9.53 Å². The zero-order chi connectivity index (χ0) is 17.6. The molecule has 1 atom stereocenters. The molecule has 2 aromatic rings. The van der Waals surface area contributed by atoms with Gasteiger partial charge in [-0.25, -0.2) is 4.79 Å². The van der Waals surface area contributed by atoms with E-state index in [1.165, 1.54) is 7.11 Å². The molecule has 1 N–H and O–H groups in total. The Labute approximate surface area is 146 Å². The standard InChI is InChI=1S/C19H21N3O3/c1-25-19(24)15-7-4-14(5-8-15)6-9-18(23)22-12-2-3-16(13-22)17-10-11-20-21-17/h4-11,16H,2-3,12-13H2,1H3,(H,20,21). The Morgan fingerprint density at radius 1 is 1.28 bits per heavy atom. The van der Waals surface area contributed by atoms with Crippen molar-refractivity contribution in [1.29, 1.82) is 0 Å². The molecule has 1 fully saturated rings. The fourth-order valence-electron chi connectivity index (χ4n) is 3.05. The fraction of sp³-hybridized carbons (Fsp3) is 0.316. The van der Waals surface area contributed by atoms with E-state index in [9.17, 15) is 9.59 Å². The lowest BCUT2D eigenvalue weighted by Crippen LogP contribution is -2.38. The fourth-order valence-corrected chi connectivity index (χ4v) is 3.05. The van der Waals surface area contributed by atoms with Gasteiger partial charge in [-0.05, 0) is 42.7 Å². The number of methoxy groups -OCH3 is 1. The molecule has 1 aliphatic rings. The summed E-state index contributed by atoms with van der Waals surface area (Å²) in [4.78, 5) is 25.7. The minimum absolute atomic E-state index is 0.00117. The predicted octanol–water partition coefficient (Wildman–Crippen LogP) is 2.62. The third-order valence-electron chi connectivity index (χ3n) is 4.45. The molecule has 1 unspecified atom stereocenters. The molecule has 2 heterocycles. The van der Waals surface area contributed by atoms with E-state index in [-0.39, 0.29) is 11.9 Å². The van der Waals surface area contributed by atoms with Crippen molar-refractivity contribution >= 4 is 18.0 Å². The highest BCUT2D eigenvalue weighted by Gasteiger charge is 2.24. The average molecular weight is 339 g/mol. The Balaban J connectivity index is 1.61. The van der Waals surface area contributed by atoms with E-state index in [1.54, 1.807) is 42.6 Å². The Kier molecular flexibility index (Phi) is 5.28. The molecular formula is C19H21N3O3. The van der Waals surface area contributed by atoms with E-state index in [1.807, 2.05) is 11.0 Å². The summed E-state index contributed by atoms with van der Waals surface area (Å²) >= 11 is 0. The summed E-state index contributed by atoms with van der Waals surface area (Å²) < 4.78 is 4.67. The smallest absolute Gasteiger partial charge is 0.337 e. The summed E-state index contributed by atoms with van der Waals surface area (Å²) in [7, 11) is 1.35. The maximum Gasteiger partial charge on any atom is 0.337 e. The lowest BCUT2D eigenvalue weighted by Gasteiger charge is -2.31. The molecule has 130 valence electrons. The number of nitrogens with one attached hydrogen (secondary N) is 1. The third-order valence-corrected chi connectivity index (χ3v) is 4.45. The average Bonchev–Trinajstić information content (AvgIpc) is 3.21. The van der Waals surface area contributed by atoms with Gasteiger partial charge < -0.3 is 9.64 Å². The van der Waals surface area contributed by atoms with Gasteiger partial charge in [-0.15, -0.1) is 0 Å². The zero-order valence-corrected chi connectivity index (χ0v) is 14.1. The molecule has 1 saturated heterocycles. The second-order valence-electron chi connectivity index (χ2n) is 6.08. The first-order chi connectivity index (χ1) is 12.2. The molecule has 0 spiro atoms. The number of carbonyl (C=O) groups is 2. The second-order valence-corrected chi connectivity index (χ2v) is 6.08. The van der Waals surface area contributed by atoms with Gasteiger partial charge in [0.25, 0.3) is 0 Å². The van der Waals surface area contributed by atoms with Crippen LogP contribution < -0.4 is 0 Å². The summed E-state index contributed by atoms with van der Waals surface area (Å²) in [6, 6.07) is 8.92. The van der Waals surface area contributed by atoms with Crippen LogP contribution in [-0.4, -0.2) is 47.2 Å². The molecule has 1 aromatic carbocycles. The highest BCUT2D eigenvalue weighted by Crippen LogP contribution is 2.25. The molecular weight excluding hydrogens is 318 g/mol. The topological polar surface area (TPSA) is 75.3 Å². The Morgan fingerprint density at radius 3 is 2.76 bits per heavy atom. The van der Waals surface area contributed by atoms with Crippen molar-refractivity contribution in [2.24, 2.45) is 0 Å². The van der Waals surface area contributed by atoms with Crippen LogP contribution in [0.3, 0.4) is 0 Å². The number of esters is 1. The number of benzene rings is 1. The number of ether oxygens (including phenoxy) is 1. The van der Waals surface area contributed by atoms with Crippen molar-refractivity contribution in [2.45, 2.75) is 18.8 Å². The number of carbonyl (C=O) groups excluding carboxylic acids is 2. The molecule has 0 radical (unpaired) electrons. The summed E-state index contributed by atoms with van der Waals surface area (Å²) in [5.41, 5.74) is 2.44. The van der Waals surface area contributed by atoms with E-state index in [0.29, 0.717) is 18.0 Å². The van der Waals surface area contributed by atoms with Gasteiger partial charge in [0, 0.05) is 37.0 Å². The monoisotopic (exact) mass is 339 g/mol. The highest BCUT2D eigenvalue weighted by atomic mass is 16.5. The maximum absolute atomic E-state index is 12.4. The Morgan fingerprint density at radius 2 is 2.08 bits per heavy atom. The molecule has 3 rings (SSSR count). The van der Waals surface area contributed by atoms with Gasteiger partial charge in [0.2, 0.25) is 5.91 Å². The first-order valence-electron chi connectivity index (χ1n) is 8.32. The van der Waals surface area contributed by atoms with Gasteiger partial charge in [-0.1, -0.05) is 12.1 Å². The van der Waals surface area contributed by atoms with Crippen LogP contribution in [0.4, 0.5) is 0 Å². The molecule has 1 aromatic heterocycles. The number of rotatable bonds is 4. The molecule has 6 nitrogen and oxygen atoms in total. The van der Waals surface area contributed by atoms with Crippen molar-refractivity contribution in [3.8, 4) is 0 Å². The first-order valence-corrected chi connectivity index (χ1v) is 8.32. The summed E-state index contributed by atoms with van der Waals surface area (Å²) in [6.45, 7) is 1.47. The van der Waals surface area contributed by atoms with Crippen LogP contribution in [0.15, 0.2) is 42.6 Å². The van der Waals surface area contributed by atoms with E-state index >= 15 is 0 Å². The van der Waals surface area contributed by atoms with Crippen molar-refractivity contribution in [1.82, 2.24) is 15.1 Å². The van der Waals surface area contributed by atoms with Gasteiger partial charge in [0.15, 0.2) is 0 Å². The van der Waals surface area contributed by atoms with Crippen LogP contribution in [0, 0.1) is 0 Å². The quantitative estimate of drug-likeness (QED) is 0.686. The van der Waals surface area contributed by atoms with Crippen molar-refractivity contribution in [2.75, 3.05) is 20.2 Å². The SMILES string of the molecule is COC(=O)c1ccc(C=CC(=O)N2CCCC(c3ccn[nH]3)C2)cc1. The molecule has 1 aliphatic heterocycles. The number of nitrogens with zero attached hydrogens (tertiary/aromatic N) is 2. The second kappa shape index (κ2) is 7.79. The molecule has 25 heavy (non-hydrogen) atoms. The van der Waals surface area contributed by atoms with Gasteiger partial charge in [0.1, 0.15) is 0 Å². The Bertz CT molecular complexity index is 751. The van der Waals surface area contributed by atoms with E-state index in [2.05, 4.69) is 14.9 Å². The van der Waals surface area contributed by atoms with Crippen LogP contribution in [0.2, 0.25) is 0 Å². The molecule has 0 bridgehead atoms. The van der Waals surface area contributed by atoms with Crippen molar-refractivity contribution in [3.05, 3.63) is 59.4 Å². The number of hydrogen-bond donors (Lipinski definition) is 1. The predicted molar refractivity (Wildman–Crippen MR) is 94.0 cm³/mol. The molecule has 1 amide bonds. The minimum Gasteiger partial charge on any atom is -0.465 e.